The van der Waals surface area contributed by atoms with E-state index in [4.69, 9.17) is 0 Å². The summed E-state index contributed by atoms with van der Waals surface area (Å²) in [5.74, 6) is 0.731. The predicted octanol–water partition coefficient (Wildman–Crippen LogP) is 2.64. The van der Waals surface area contributed by atoms with Gasteiger partial charge in [0, 0.05) is 19.6 Å². The molecule has 1 rings (SSSR count). The quantitative estimate of drug-likeness (QED) is 0.709. The van der Waals surface area contributed by atoms with Crippen molar-refractivity contribution >= 4 is 0 Å². The van der Waals surface area contributed by atoms with Gasteiger partial charge in [-0.05, 0) is 37.4 Å². The van der Waals surface area contributed by atoms with Crippen LogP contribution in [-0.4, -0.2) is 19.6 Å². The highest BCUT2D eigenvalue weighted by atomic mass is 14.9. The average molecular weight is 234 g/mol. The second-order valence-corrected chi connectivity index (χ2v) is 5.20. The molecule has 0 radical (unpaired) electrons. The number of hydrogen-bond acceptors (Lipinski definition) is 2. The van der Waals surface area contributed by atoms with Gasteiger partial charge in [-0.3, -0.25) is 0 Å². The van der Waals surface area contributed by atoms with Gasteiger partial charge in [-0.2, -0.15) is 0 Å². The standard InChI is InChI=1S/C15H26N2/c1-12(2)10-16-7-8-17-11-15-6-5-13(3)9-14(15)4/h5-6,9,12,16-17H,7-8,10-11H2,1-4H3. The molecular formula is C15H26N2. The van der Waals surface area contributed by atoms with Crippen LogP contribution in [0.5, 0.6) is 0 Å². The summed E-state index contributed by atoms with van der Waals surface area (Å²) in [6, 6.07) is 6.65. The molecule has 0 aromatic heterocycles. The van der Waals surface area contributed by atoms with E-state index in [0.717, 1.165) is 32.1 Å². The molecule has 2 heteroatoms. The number of aryl methyl sites for hydroxylation is 2. The first-order valence-electron chi connectivity index (χ1n) is 6.57. The lowest BCUT2D eigenvalue weighted by Gasteiger charge is -2.10. The van der Waals surface area contributed by atoms with Gasteiger partial charge in [0.2, 0.25) is 0 Å². The van der Waals surface area contributed by atoms with Gasteiger partial charge >= 0.3 is 0 Å². The maximum atomic E-state index is 3.47. The van der Waals surface area contributed by atoms with Crippen molar-refractivity contribution in [1.82, 2.24) is 10.6 Å². The van der Waals surface area contributed by atoms with Gasteiger partial charge in [0.15, 0.2) is 0 Å². The third-order valence-corrected chi connectivity index (χ3v) is 2.84. The molecular weight excluding hydrogens is 208 g/mol. The van der Waals surface area contributed by atoms with E-state index in [-0.39, 0.29) is 0 Å². The third kappa shape index (κ3) is 5.85. The Labute approximate surface area is 106 Å². The van der Waals surface area contributed by atoms with Crippen LogP contribution in [-0.2, 0) is 6.54 Å². The normalized spacial score (nSPS) is 11.1. The van der Waals surface area contributed by atoms with E-state index in [0.29, 0.717) is 0 Å². The van der Waals surface area contributed by atoms with Gasteiger partial charge in [0.1, 0.15) is 0 Å². The second kappa shape index (κ2) is 7.46. The van der Waals surface area contributed by atoms with Crippen LogP contribution in [0.15, 0.2) is 18.2 Å². The molecule has 0 bridgehead atoms. The minimum Gasteiger partial charge on any atom is -0.315 e. The molecule has 0 saturated heterocycles. The Morgan fingerprint density at radius 3 is 2.41 bits per heavy atom. The van der Waals surface area contributed by atoms with E-state index in [1.807, 2.05) is 0 Å². The van der Waals surface area contributed by atoms with Crippen molar-refractivity contribution in [2.24, 2.45) is 5.92 Å². The summed E-state index contributed by atoms with van der Waals surface area (Å²) >= 11 is 0. The number of rotatable bonds is 7. The Balaban J connectivity index is 2.18. The Kier molecular flexibility index (Phi) is 6.23. The van der Waals surface area contributed by atoms with Crippen molar-refractivity contribution in [2.75, 3.05) is 19.6 Å². The maximum absolute atomic E-state index is 3.47. The van der Waals surface area contributed by atoms with Crippen molar-refractivity contribution in [3.8, 4) is 0 Å². The zero-order valence-electron chi connectivity index (χ0n) is 11.6. The molecule has 0 heterocycles. The number of benzene rings is 1. The summed E-state index contributed by atoms with van der Waals surface area (Å²) in [7, 11) is 0. The van der Waals surface area contributed by atoms with Crippen molar-refractivity contribution in [3.05, 3.63) is 34.9 Å². The van der Waals surface area contributed by atoms with Gasteiger partial charge in [-0.1, -0.05) is 37.6 Å². The summed E-state index contributed by atoms with van der Waals surface area (Å²) in [4.78, 5) is 0. The molecule has 0 aliphatic rings. The SMILES string of the molecule is Cc1ccc(CNCCNCC(C)C)c(C)c1. The molecule has 0 aliphatic carbocycles. The van der Waals surface area contributed by atoms with Crippen molar-refractivity contribution < 1.29 is 0 Å². The lowest BCUT2D eigenvalue weighted by molar-refractivity contribution is 0.535. The Bertz CT molecular complexity index is 332. The summed E-state index contributed by atoms with van der Waals surface area (Å²) in [6.45, 7) is 12.9. The van der Waals surface area contributed by atoms with E-state index < -0.39 is 0 Å². The molecule has 0 fully saturated rings. The summed E-state index contributed by atoms with van der Waals surface area (Å²) in [5.41, 5.74) is 4.12. The van der Waals surface area contributed by atoms with Gasteiger partial charge in [0.05, 0.1) is 0 Å². The largest absolute Gasteiger partial charge is 0.315 e. The van der Waals surface area contributed by atoms with Crippen molar-refractivity contribution in [1.29, 1.82) is 0 Å². The monoisotopic (exact) mass is 234 g/mol. The fourth-order valence-corrected chi connectivity index (χ4v) is 1.83. The van der Waals surface area contributed by atoms with E-state index >= 15 is 0 Å². The van der Waals surface area contributed by atoms with E-state index in [1.54, 1.807) is 0 Å². The Hall–Kier alpha value is -0.860. The molecule has 2 N–H and O–H groups in total. The molecule has 0 amide bonds. The number of hydrogen-bond donors (Lipinski definition) is 2. The molecule has 1 aromatic carbocycles. The first-order valence-corrected chi connectivity index (χ1v) is 6.57. The van der Waals surface area contributed by atoms with Crippen LogP contribution >= 0.6 is 0 Å². The fourth-order valence-electron chi connectivity index (χ4n) is 1.83. The van der Waals surface area contributed by atoms with Crippen LogP contribution in [0.4, 0.5) is 0 Å². The Morgan fingerprint density at radius 2 is 1.76 bits per heavy atom. The van der Waals surface area contributed by atoms with Gasteiger partial charge in [0.25, 0.3) is 0 Å². The lowest BCUT2D eigenvalue weighted by atomic mass is 10.1. The first kappa shape index (κ1) is 14.2. The van der Waals surface area contributed by atoms with Gasteiger partial charge < -0.3 is 10.6 Å². The van der Waals surface area contributed by atoms with Gasteiger partial charge in [-0.25, -0.2) is 0 Å². The minimum atomic E-state index is 0.731. The molecule has 0 atom stereocenters. The fraction of sp³-hybridized carbons (Fsp3) is 0.600. The molecule has 2 nitrogen and oxygen atoms in total. The smallest absolute Gasteiger partial charge is 0.0208 e. The van der Waals surface area contributed by atoms with Gasteiger partial charge in [-0.15, -0.1) is 0 Å². The summed E-state index contributed by atoms with van der Waals surface area (Å²) < 4.78 is 0. The summed E-state index contributed by atoms with van der Waals surface area (Å²) in [5, 5.41) is 6.91. The van der Waals surface area contributed by atoms with Crippen molar-refractivity contribution in [3.63, 3.8) is 0 Å². The molecule has 0 saturated carbocycles. The van der Waals surface area contributed by atoms with Crippen molar-refractivity contribution in [2.45, 2.75) is 34.2 Å². The molecule has 0 unspecified atom stereocenters. The zero-order valence-corrected chi connectivity index (χ0v) is 11.6. The second-order valence-electron chi connectivity index (χ2n) is 5.20. The lowest BCUT2D eigenvalue weighted by Crippen LogP contribution is -2.29. The average Bonchev–Trinajstić information content (AvgIpc) is 2.25. The molecule has 0 spiro atoms. The molecule has 17 heavy (non-hydrogen) atoms. The van der Waals surface area contributed by atoms with Crippen LogP contribution < -0.4 is 10.6 Å². The van der Waals surface area contributed by atoms with Crippen LogP contribution in [0.1, 0.15) is 30.5 Å². The topological polar surface area (TPSA) is 24.1 Å². The number of nitrogens with one attached hydrogen (secondary N) is 2. The highest BCUT2D eigenvalue weighted by Gasteiger charge is 1.98. The van der Waals surface area contributed by atoms with Crippen LogP contribution in [0, 0.1) is 19.8 Å². The highest BCUT2D eigenvalue weighted by molar-refractivity contribution is 5.30. The van der Waals surface area contributed by atoms with E-state index in [2.05, 4.69) is 56.5 Å². The maximum Gasteiger partial charge on any atom is 0.0208 e. The minimum absolute atomic E-state index is 0.731. The van der Waals surface area contributed by atoms with Crippen LogP contribution in [0.2, 0.25) is 0 Å². The summed E-state index contributed by atoms with van der Waals surface area (Å²) in [6.07, 6.45) is 0. The molecule has 96 valence electrons. The van der Waals surface area contributed by atoms with Crippen LogP contribution in [0.3, 0.4) is 0 Å². The molecule has 1 aromatic rings. The highest BCUT2D eigenvalue weighted by Crippen LogP contribution is 2.09. The van der Waals surface area contributed by atoms with Crippen LogP contribution in [0.25, 0.3) is 0 Å². The molecule has 0 aliphatic heterocycles. The third-order valence-electron chi connectivity index (χ3n) is 2.84. The van der Waals surface area contributed by atoms with E-state index in [9.17, 15) is 0 Å². The first-order chi connectivity index (χ1) is 8.09. The Morgan fingerprint density at radius 1 is 1.06 bits per heavy atom. The van der Waals surface area contributed by atoms with E-state index in [1.165, 1.54) is 16.7 Å². The predicted molar refractivity (Wildman–Crippen MR) is 75.3 cm³/mol. The zero-order chi connectivity index (χ0) is 12.7.